The Morgan fingerprint density at radius 1 is 0.574 bits per heavy atom. The van der Waals surface area contributed by atoms with Crippen LogP contribution in [-0.2, 0) is 38.2 Å². The van der Waals surface area contributed by atoms with Crippen molar-refractivity contribution in [2.75, 3.05) is 35.8 Å². The maximum Gasteiger partial charge on any atom is 0.305 e. The van der Waals surface area contributed by atoms with Gasteiger partial charge in [0.05, 0.1) is 22.2 Å². The summed E-state index contributed by atoms with van der Waals surface area (Å²) in [5.74, 6) is -1.64. The number of hydrogen-bond acceptors (Lipinski definition) is 13. The van der Waals surface area contributed by atoms with Crippen molar-refractivity contribution in [1.29, 1.82) is 0 Å². The quantitative estimate of drug-likeness (QED) is 0.0266. The molecule has 1 unspecified atom stereocenters. The topological polar surface area (TPSA) is 182 Å². The number of Topliss-reactive ketones (excluding diaryl/α,β-unsaturated/α-hetero) is 2. The molecule has 13 nitrogen and oxygen atoms in total. The Morgan fingerprint density at radius 3 is 1.68 bits per heavy atom. The third-order valence-electron chi connectivity index (χ3n) is 13.2. The van der Waals surface area contributed by atoms with Crippen LogP contribution in [-0.4, -0.2) is 65.7 Å². The van der Waals surface area contributed by atoms with E-state index >= 15 is 0 Å². The van der Waals surface area contributed by atoms with Gasteiger partial charge >= 0.3 is 17.9 Å². The lowest BCUT2D eigenvalue weighted by molar-refractivity contribution is -0.149. The molecule has 0 radical (unpaired) electrons. The number of ether oxygens (including phenoxy) is 3. The van der Waals surface area contributed by atoms with E-state index in [2.05, 4.69) is 43.6 Å². The third kappa shape index (κ3) is 11.2. The molecule has 0 saturated heterocycles. The zero-order valence-electron chi connectivity index (χ0n) is 40.3. The summed E-state index contributed by atoms with van der Waals surface area (Å²) in [6.07, 6.45) is 12.0. The van der Waals surface area contributed by atoms with Crippen molar-refractivity contribution in [3.8, 4) is 0 Å². The fourth-order valence-electron chi connectivity index (χ4n) is 9.40. The van der Waals surface area contributed by atoms with Gasteiger partial charge in [-0.25, -0.2) is 0 Å². The van der Waals surface area contributed by atoms with E-state index in [4.69, 9.17) is 19.2 Å². The summed E-state index contributed by atoms with van der Waals surface area (Å²) in [5, 5.41) is 26.9. The number of allylic oxidation sites excluding steroid dienone is 2. The van der Waals surface area contributed by atoms with Crippen LogP contribution in [0.2, 0.25) is 0 Å². The van der Waals surface area contributed by atoms with Crippen molar-refractivity contribution in [2.24, 2.45) is 4.99 Å². The van der Waals surface area contributed by atoms with Gasteiger partial charge in [0, 0.05) is 71.5 Å². The molecule has 1 aliphatic carbocycles. The van der Waals surface area contributed by atoms with Gasteiger partial charge in [0.25, 0.3) is 0 Å². The summed E-state index contributed by atoms with van der Waals surface area (Å²) < 4.78 is 17.7. The van der Waals surface area contributed by atoms with Crippen molar-refractivity contribution >= 4 is 79.2 Å². The molecule has 0 saturated carbocycles. The molecule has 362 valence electrons. The van der Waals surface area contributed by atoms with E-state index in [1.54, 1.807) is 12.1 Å². The molecule has 4 aromatic carbocycles. The number of aliphatic hydroxyl groups excluding tert-OH is 1. The van der Waals surface area contributed by atoms with Crippen LogP contribution in [0.5, 0.6) is 0 Å². The fraction of sp³-hybridized carbons (Fsp3) is 0.491. The van der Waals surface area contributed by atoms with Crippen LogP contribution in [0.25, 0.3) is 32.7 Å². The monoisotopic (exact) mass is 928 g/mol. The Bertz CT molecular complexity index is 2650. The number of unbranched alkanes of at least 4 members (excludes halogenated alkanes) is 8. The molecular weight excluding hydrogens is 861 g/mol. The molecule has 0 spiro atoms. The normalized spacial score (nSPS) is 17.4. The number of hydrogen-bond donors (Lipinski definition) is 4. The number of aliphatic hydroxyl groups is 1. The Hall–Kier alpha value is -6.24. The van der Waals surface area contributed by atoms with Crippen LogP contribution in [0, 0.1) is 0 Å². The molecule has 13 heteroatoms. The maximum absolute atomic E-state index is 14.9. The summed E-state index contributed by atoms with van der Waals surface area (Å²) >= 11 is 0. The number of nitrogens with one attached hydrogen (secondary N) is 3. The number of carbonyl (C=O) groups is 5. The Labute approximate surface area is 399 Å². The van der Waals surface area contributed by atoms with Crippen LogP contribution in [0.1, 0.15) is 149 Å². The Morgan fingerprint density at radius 2 is 1.10 bits per heavy atom. The number of benzene rings is 4. The van der Waals surface area contributed by atoms with E-state index in [1.807, 2.05) is 48.5 Å². The molecule has 4 N–H and O–H groups in total. The van der Waals surface area contributed by atoms with Crippen LogP contribution >= 0.6 is 0 Å². The highest BCUT2D eigenvalue weighted by molar-refractivity contribution is 6.52. The molecular formula is C55H68N4O9. The first kappa shape index (κ1) is 49.7. The number of ketones is 2. The molecule has 2 aliphatic heterocycles. The number of carbonyl (C=O) groups excluding carboxylic acids is 5. The van der Waals surface area contributed by atoms with Crippen molar-refractivity contribution < 1.29 is 43.3 Å². The van der Waals surface area contributed by atoms with Crippen LogP contribution in [0.4, 0.5) is 17.1 Å². The van der Waals surface area contributed by atoms with Gasteiger partial charge in [-0.15, -0.1) is 0 Å². The second kappa shape index (κ2) is 22.7. The van der Waals surface area contributed by atoms with Gasteiger partial charge in [-0.1, -0.05) is 128 Å². The van der Waals surface area contributed by atoms with Gasteiger partial charge in [0.15, 0.2) is 11.3 Å². The molecule has 0 bridgehead atoms. The van der Waals surface area contributed by atoms with Gasteiger partial charge in [0.2, 0.25) is 5.78 Å². The predicted octanol–water partition coefficient (Wildman–Crippen LogP) is 10.3. The molecule has 3 aliphatic rings. The first-order valence-electron chi connectivity index (χ1n) is 25.0. The zero-order chi connectivity index (χ0) is 48.3. The standard InChI is InChI=1S/C55H68N4O9/c1-5-9-13-21-38(60)31-32-54(33-66-43(61)24-14-10-6-2)56-41-22-17-19-36-27-29-39(50(58-54)46(36)41)48-52(64)49(53(48)65)40-30-28-37-20-18-23-42-47(37)51(40)59-55(57-42,34-67-44(62)25-15-11-7-3)35-68-45(63)26-16-12-8-4/h17-20,22-23,27-30,56-57,59,64H,5-16,21,24-26,31-35H2,1-4H3/b48-39+. The van der Waals surface area contributed by atoms with Crippen molar-refractivity contribution in [2.45, 2.75) is 155 Å². The first-order valence-corrected chi connectivity index (χ1v) is 25.0. The lowest BCUT2D eigenvalue weighted by Crippen LogP contribution is -2.56. The molecule has 0 aromatic heterocycles. The summed E-state index contributed by atoms with van der Waals surface area (Å²) in [5.41, 5.74) is -0.0713. The lowest BCUT2D eigenvalue weighted by atomic mass is 9.80. The average molecular weight is 929 g/mol. The lowest BCUT2D eigenvalue weighted by Gasteiger charge is -2.41. The number of esters is 3. The average Bonchev–Trinajstić information content (AvgIpc) is 3.33. The summed E-state index contributed by atoms with van der Waals surface area (Å²) in [7, 11) is 0. The number of anilines is 3. The van der Waals surface area contributed by atoms with Gasteiger partial charge in [-0.05, 0) is 48.6 Å². The van der Waals surface area contributed by atoms with Gasteiger partial charge < -0.3 is 35.3 Å². The highest BCUT2D eigenvalue weighted by Crippen LogP contribution is 2.47. The fourth-order valence-corrected chi connectivity index (χ4v) is 9.40. The predicted molar refractivity (Wildman–Crippen MR) is 267 cm³/mol. The van der Waals surface area contributed by atoms with Crippen molar-refractivity contribution in [1.82, 2.24) is 0 Å². The Balaban J connectivity index is 1.31. The number of rotatable bonds is 26. The van der Waals surface area contributed by atoms with Crippen LogP contribution in [0.3, 0.4) is 0 Å². The highest BCUT2D eigenvalue weighted by Gasteiger charge is 2.43. The molecule has 1 atom stereocenters. The summed E-state index contributed by atoms with van der Waals surface area (Å²) in [4.78, 5) is 72.6. The largest absolute Gasteiger partial charge is 0.506 e. The summed E-state index contributed by atoms with van der Waals surface area (Å²) in [6.45, 7) is 7.77. The second-order valence-corrected chi connectivity index (χ2v) is 18.6. The SMILES string of the molecule is CCCCCC(=O)CCC1(COC(=O)CCCCC)N=c2/c(=C3/C(=O)C(c4ccc5cccc6c5c4NC(COC(=O)CCCCC)(COC(=O)CCCCC)N6)=C3O)ccc3cccc(c23)N1. The molecule has 0 fully saturated rings. The van der Waals surface area contributed by atoms with Crippen molar-refractivity contribution in [3.63, 3.8) is 0 Å². The van der Waals surface area contributed by atoms with E-state index in [9.17, 15) is 29.1 Å². The smallest absolute Gasteiger partial charge is 0.305 e. The Kier molecular flexibility index (Phi) is 16.6. The van der Waals surface area contributed by atoms with Crippen LogP contribution < -0.4 is 26.5 Å². The van der Waals surface area contributed by atoms with Gasteiger partial charge in [-0.3, -0.25) is 29.0 Å². The highest BCUT2D eigenvalue weighted by atomic mass is 16.6. The maximum atomic E-state index is 14.9. The molecule has 4 aromatic rings. The molecule has 68 heavy (non-hydrogen) atoms. The minimum atomic E-state index is -1.32. The molecule has 7 rings (SSSR count). The first-order chi connectivity index (χ1) is 33.0. The van der Waals surface area contributed by atoms with Gasteiger partial charge in [-0.2, -0.15) is 0 Å². The van der Waals surface area contributed by atoms with E-state index in [0.29, 0.717) is 58.9 Å². The molecule has 2 heterocycles. The zero-order valence-corrected chi connectivity index (χ0v) is 40.3. The third-order valence-corrected chi connectivity index (χ3v) is 13.2. The van der Waals surface area contributed by atoms with E-state index in [1.165, 1.54) is 0 Å². The minimum absolute atomic E-state index is 0.0845. The minimum Gasteiger partial charge on any atom is -0.506 e. The van der Waals surface area contributed by atoms with E-state index < -0.39 is 17.1 Å². The van der Waals surface area contributed by atoms with E-state index in [0.717, 1.165) is 79.3 Å². The van der Waals surface area contributed by atoms with Crippen molar-refractivity contribution in [3.05, 3.63) is 82.6 Å². The summed E-state index contributed by atoms with van der Waals surface area (Å²) in [6, 6.07) is 18.8. The van der Waals surface area contributed by atoms with E-state index in [-0.39, 0.29) is 92.5 Å². The van der Waals surface area contributed by atoms with Crippen LogP contribution in [0.15, 0.2) is 71.4 Å². The van der Waals surface area contributed by atoms with Gasteiger partial charge in [0.1, 0.15) is 31.4 Å². The second-order valence-electron chi connectivity index (χ2n) is 18.6. The molecule has 0 amide bonds. The number of nitrogens with zero attached hydrogens (tertiary/aromatic N) is 1.